The van der Waals surface area contributed by atoms with Gasteiger partial charge in [-0.05, 0) is 29.8 Å². The van der Waals surface area contributed by atoms with Crippen molar-refractivity contribution in [3.8, 4) is 11.5 Å². The number of hydrogen-bond acceptors (Lipinski definition) is 6. The van der Waals surface area contributed by atoms with Crippen LogP contribution >= 0.6 is 11.3 Å². The smallest absolute Gasteiger partial charge is 0.264 e. The van der Waals surface area contributed by atoms with Gasteiger partial charge in [0.2, 0.25) is 5.13 Å². The third-order valence-corrected chi connectivity index (χ3v) is 5.02. The van der Waals surface area contributed by atoms with Crippen LogP contribution in [-0.4, -0.2) is 22.7 Å². The van der Waals surface area contributed by atoms with E-state index in [1.54, 1.807) is 12.1 Å². The number of ether oxygens (including phenoxy) is 2. The minimum atomic E-state index is -0.277. The van der Waals surface area contributed by atoms with Gasteiger partial charge in [-0.3, -0.25) is 10.1 Å². The first-order valence-electron chi connectivity index (χ1n) is 8.93. The third kappa shape index (κ3) is 5.79. The second-order valence-corrected chi connectivity index (χ2v) is 8.22. The van der Waals surface area contributed by atoms with E-state index in [2.05, 4.69) is 36.3 Å². The van der Waals surface area contributed by atoms with Gasteiger partial charge in [0.1, 0.15) is 23.1 Å². The summed E-state index contributed by atoms with van der Waals surface area (Å²) in [7, 11) is 0. The molecule has 7 heteroatoms. The summed E-state index contributed by atoms with van der Waals surface area (Å²) in [5.41, 5.74) is 1.01. The maximum atomic E-state index is 12.0. The first-order chi connectivity index (χ1) is 13.4. The van der Waals surface area contributed by atoms with Crippen LogP contribution in [0.1, 0.15) is 31.3 Å². The van der Waals surface area contributed by atoms with Gasteiger partial charge in [0.25, 0.3) is 5.91 Å². The Morgan fingerprint density at radius 3 is 2.21 bits per heavy atom. The average molecular weight is 398 g/mol. The number of hydrogen-bond donors (Lipinski definition) is 1. The molecule has 0 fully saturated rings. The predicted octanol–water partition coefficient (Wildman–Crippen LogP) is 4.43. The molecule has 0 spiro atoms. The molecule has 0 radical (unpaired) electrons. The van der Waals surface area contributed by atoms with E-state index in [1.807, 2.05) is 42.5 Å². The lowest BCUT2D eigenvalue weighted by molar-refractivity contribution is -0.118. The fraction of sp³-hybridized carbons (Fsp3) is 0.286. The van der Waals surface area contributed by atoms with Crippen molar-refractivity contribution in [3.63, 3.8) is 0 Å². The van der Waals surface area contributed by atoms with E-state index in [1.165, 1.54) is 11.3 Å². The summed E-state index contributed by atoms with van der Waals surface area (Å²) in [5, 5.41) is 12.2. The fourth-order valence-electron chi connectivity index (χ4n) is 2.25. The van der Waals surface area contributed by atoms with Gasteiger partial charge in [-0.1, -0.05) is 62.4 Å². The van der Waals surface area contributed by atoms with Gasteiger partial charge in [0.15, 0.2) is 6.61 Å². The molecule has 2 aromatic carbocycles. The monoisotopic (exact) mass is 397 g/mol. The second kappa shape index (κ2) is 8.84. The van der Waals surface area contributed by atoms with E-state index >= 15 is 0 Å². The van der Waals surface area contributed by atoms with E-state index in [4.69, 9.17) is 9.47 Å². The quantitative estimate of drug-likeness (QED) is 0.638. The zero-order valence-corrected chi connectivity index (χ0v) is 17.0. The highest BCUT2D eigenvalue weighted by Crippen LogP contribution is 2.27. The molecule has 3 aromatic rings. The molecule has 3 rings (SSSR count). The predicted molar refractivity (Wildman–Crippen MR) is 110 cm³/mol. The fourth-order valence-corrected chi connectivity index (χ4v) is 3.07. The van der Waals surface area contributed by atoms with E-state index in [-0.39, 0.29) is 17.9 Å². The molecule has 146 valence electrons. The van der Waals surface area contributed by atoms with Crippen LogP contribution < -0.4 is 14.8 Å². The highest BCUT2D eigenvalue weighted by molar-refractivity contribution is 7.15. The van der Waals surface area contributed by atoms with Gasteiger partial charge < -0.3 is 9.47 Å². The Bertz CT molecular complexity index is 903. The average Bonchev–Trinajstić information content (AvgIpc) is 3.15. The molecule has 6 nitrogen and oxygen atoms in total. The van der Waals surface area contributed by atoms with Crippen LogP contribution in [-0.2, 0) is 16.8 Å². The molecule has 0 saturated carbocycles. The number of amides is 1. The van der Waals surface area contributed by atoms with Gasteiger partial charge in [0, 0.05) is 5.41 Å². The van der Waals surface area contributed by atoms with Gasteiger partial charge in [0.05, 0.1) is 0 Å². The number of nitrogens with zero attached hydrogens (tertiary/aromatic N) is 2. The van der Waals surface area contributed by atoms with Crippen LogP contribution in [0, 0.1) is 0 Å². The van der Waals surface area contributed by atoms with Crippen LogP contribution in [0.5, 0.6) is 11.5 Å². The van der Waals surface area contributed by atoms with Crippen molar-refractivity contribution >= 4 is 22.4 Å². The van der Waals surface area contributed by atoms with E-state index in [0.29, 0.717) is 17.5 Å². The third-order valence-electron chi connectivity index (χ3n) is 3.75. The van der Waals surface area contributed by atoms with Gasteiger partial charge in [-0.25, -0.2) is 0 Å². The number of carbonyl (C=O) groups excluding carboxylic acids is 1. The van der Waals surface area contributed by atoms with Crippen LogP contribution in [0.4, 0.5) is 5.13 Å². The summed E-state index contributed by atoms with van der Waals surface area (Å²) in [5.74, 6) is 1.06. The minimum Gasteiger partial charge on any atom is -0.489 e. The number of aromatic nitrogens is 2. The molecule has 0 aliphatic carbocycles. The van der Waals surface area contributed by atoms with Gasteiger partial charge in [-0.15, -0.1) is 10.2 Å². The van der Waals surface area contributed by atoms with E-state index in [0.717, 1.165) is 16.3 Å². The van der Waals surface area contributed by atoms with E-state index in [9.17, 15) is 4.79 Å². The molecule has 0 aliphatic rings. The molecule has 0 saturated heterocycles. The molecule has 0 unspecified atom stereocenters. The lowest BCUT2D eigenvalue weighted by Gasteiger charge is -2.12. The lowest BCUT2D eigenvalue weighted by atomic mass is 9.98. The largest absolute Gasteiger partial charge is 0.489 e. The molecule has 0 aliphatic heterocycles. The summed E-state index contributed by atoms with van der Waals surface area (Å²) in [4.78, 5) is 12.0. The van der Waals surface area contributed by atoms with Crippen LogP contribution in [0.3, 0.4) is 0 Å². The van der Waals surface area contributed by atoms with Crippen molar-refractivity contribution in [2.24, 2.45) is 0 Å². The number of rotatable bonds is 7. The maximum absolute atomic E-state index is 12.0. The number of benzene rings is 2. The highest BCUT2D eigenvalue weighted by atomic mass is 32.1. The van der Waals surface area contributed by atoms with Crippen molar-refractivity contribution in [2.45, 2.75) is 32.8 Å². The second-order valence-electron chi connectivity index (χ2n) is 7.24. The lowest BCUT2D eigenvalue weighted by Crippen LogP contribution is -2.20. The first kappa shape index (κ1) is 19.8. The Hall–Kier alpha value is -2.93. The summed E-state index contributed by atoms with van der Waals surface area (Å²) < 4.78 is 11.3. The SMILES string of the molecule is CC(C)(C)c1nnc(NC(=O)COc2ccc(OCc3ccccc3)cc2)s1. The summed E-state index contributed by atoms with van der Waals surface area (Å²) >= 11 is 1.37. The molecule has 28 heavy (non-hydrogen) atoms. The number of nitrogens with one attached hydrogen (secondary N) is 1. The molecule has 1 aromatic heterocycles. The summed E-state index contributed by atoms with van der Waals surface area (Å²) in [6.45, 7) is 6.55. The van der Waals surface area contributed by atoms with Crippen molar-refractivity contribution in [1.82, 2.24) is 10.2 Å². The topological polar surface area (TPSA) is 73.3 Å². The Morgan fingerprint density at radius 1 is 0.964 bits per heavy atom. The molecule has 1 N–H and O–H groups in total. The summed E-state index contributed by atoms with van der Waals surface area (Å²) in [6.07, 6.45) is 0. The molecule has 1 heterocycles. The Morgan fingerprint density at radius 2 is 1.61 bits per heavy atom. The highest BCUT2D eigenvalue weighted by Gasteiger charge is 2.20. The number of carbonyl (C=O) groups is 1. The van der Waals surface area contributed by atoms with Crippen molar-refractivity contribution < 1.29 is 14.3 Å². The Labute approximate surface area is 168 Å². The standard InChI is InChI=1S/C21H23N3O3S/c1-21(2,3)19-23-24-20(28-19)22-18(25)14-27-17-11-9-16(10-12-17)26-13-15-7-5-4-6-8-15/h4-12H,13-14H2,1-3H3,(H,22,24,25). The van der Waals surface area contributed by atoms with Crippen molar-refractivity contribution in [2.75, 3.05) is 11.9 Å². The van der Waals surface area contributed by atoms with Crippen LogP contribution in [0.25, 0.3) is 0 Å². The Balaban J connectivity index is 1.45. The van der Waals surface area contributed by atoms with Gasteiger partial charge in [-0.2, -0.15) is 0 Å². The minimum absolute atomic E-state index is 0.0958. The number of anilines is 1. The molecule has 0 atom stereocenters. The maximum Gasteiger partial charge on any atom is 0.264 e. The molecule has 1 amide bonds. The first-order valence-corrected chi connectivity index (χ1v) is 9.75. The van der Waals surface area contributed by atoms with Crippen molar-refractivity contribution in [1.29, 1.82) is 0 Å². The van der Waals surface area contributed by atoms with Crippen LogP contribution in [0.2, 0.25) is 0 Å². The summed E-state index contributed by atoms with van der Waals surface area (Å²) in [6, 6.07) is 17.1. The normalized spacial score (nSPS) is 11.1. The van der Waals surface area contributed by atoms with E-state index < -0.39 is 0 Å². The zero-order chi connectivity index (χ0) is 20.0. The zero-order valence-electron chi connectivity index (χ0n) is 16.1. The molecule has 0 bridgehead atoms. The van der Waals surface area contributed by atoms with Crippen LogP contribution in [0.15, 0.2) is 54.6 Å². The molecular weight excluding hydrogens is 374 g/mol. The van der Waals surface area contributed by atoms with Crippen molar-refractivity contribution in [3.05, 3.63) is 65.2 Å². The molecular formula is C21H23N3O3S. The Kier molecular flexibility index (Phi) is 6.26. The van der Waals surface area contributed by atoms with Gasteiger partial charge >= 0.3 is 0 Å².